The summed E-state index contributed by atoms with van der Waals surface area (Å²) in [6.07, 6.45) is 0.00622. The average Bonchev–Trinajstić information content (AvgIpc) is 2.81. The lowest BCUT2D eigenvalue weighted by atomic mass is 10.1. The number of para-hydroxylation sites is 2. The minimum Gasteiger partial charge on any atom is -0.495 e. The molecule has 156 valence electrons. The van der Waals surface area contributed by atoms with Crippen molar-refractivity contribution in [1.82, 2.24) is 4.90 Å². The van der Waals surface area contributed by atoms with Gasteiger partial charge in [-0.3, -0.25) is 4.90 Å². The second-order valence-corrected chi connectivity index (χ2v) is 7.79. The van der Waals surface area contributed by atoms with Crippen molar-refractivity contribution in [3.63, 3.8) is 0 Å². The van der Waals surface area contributed by atoms with Gasteiger partial charge in [-0.05, 0) is 36.8 Å². The van der Waals surface area contributed by atoms with Crippen LogP contribution in [0.3, 0.4) is 0 Å². The number of methoxy groups -OCH3 is 1. The summed E-state index contributed by atoms with van der Waals surface area (Å²) in [5, 5.41) is 0. The number of benzene rings is 3. The fourth-order valence-corrected chi connectivity index (χ4v) is 3.96. The number of piperazine rings is 1. The average molecular weight is 403 g/mol. The monoisotopic (exact) mass is 402 g/mol. The van der Waals surface area contributed by atoms with Gasteiger partial charge in [0.05, 0.1) is 12.8 Å². The predicted molar refractivity (Wildman–Crippen MR) is 123 cm³/mol. The maximum absolute atomic E-state index is 6.43. The largest absolute Gasteiger partial charge is 0.495 e. The summed E-state index contributed by atoms with van der Waals surface area (Å²) in [5.41, 5.74) is 3.63. The third-order valence-corrected chi connectivity index (χ3v) is 5.69. The van der Waals surface area contributed by atoms with Crippen molar-refractivity contribution in [2.75, 3.05) is 44.7 Å². The van der Waals surface area contributed by atoms with Crippen LogP contribution in [0.15, 0.2) is 78.9 Å². The van der Waals surface area contributed by atoms with E-state index in [2.05, 4.69) is 83.5 Å². The van der Waals surface area contributed by atoms with Crippen molar-refractivity contribution >= 4 is 5.69 Å². The van der Waals surface area contributed by atoms with Gasteiger partial charge in [0, 0.05) is 32.7 Å². The molecule has 1 aliphatic rings. The second-order valence-electron chi connectivity index (χ2n) is 7.79. The van der Waals surface area contributed by atoms with Crippen LogP contribution in [0.25, 0.3) is 0 Å². The standard InChI is InChI=1S/C26H30N2O2/c1-21-12-14-23(15-13-21)30-26(22-8-4-3-5-9-22)20-27-16-18-28(19-17-27)24-10-6-7-11-25(24)29-2/h3-15,26H,16-20H2,1-2H3. The fraction of sp³-hybridized carbons (Fsp3) is 0.308. The summed E-state index contributed by atoms with van der Waals surface area (Å²) in [4.78, 5) is 4.91. The summed E-state index contributed by atoms with van der Waals surface area (Å²) < 4.78 is 12.0. The molecule has 3 aromatic carbocycles. The van der Waals surface area contributed by atoms with E-state index >= 15 is 0 Å². The van der Waals surface area contributed by atoms with Crippen molar-refractivity contribution in [1.29, 1.82) is 0 Å². The molecule has 1 aliphatic heterocycles. The van der Waals surface area contributed by atoms with Crippen LogP contribution in [0.1, 0.15) is 17.2 Å². The highest BCUT2D eigenvalue weighted by Crippen LogP contribution is 2.29. The van der Waals surface area contributed by atoms with Crippen LogP contribution in [0, 0.1) is 6.92 Å². The van der Waals surface area contributed by atoms with Gasteiger partial charge in [0.15, 0.2) is 0 Å². The van der Waals surface area contributed by atoms with Gasteiger partial charge in [0.2, 0.25) is 0 Å². The highest BCUT2D eigenvalue weighted by molar-refractivity contribution is 5.58. The number of anilines is 1. The van der Waals surface area contributed by atoms with Gasteiger partial charge in [-0.1, -0.05) is 60.2 Å². The molecule has 1 atom stereocenters. The molecule has 4 heteroatoms. The number of hydrogen-bond donors (Lipinski definition) is 0. The summed E-state index contributed by atoms with van der Waals surface area (Å²) in [7, 11) is 1.74. The molecule has 0 bridgehead atoms. The van der Waals surface area contributed by atoms with Crippen LogP contribution in [-0.2, 0) is 0 Å². The van der Waals surface area contributed by atoms with E-state index < -0.39 is 0 Å². The van der Waals surface area contributed by atoms with Crippen LogP contribution < -0.4 is 14.4 Å². The van der Waals surface area contributed by atoms with Gasteiger partial charge in [-0.2, -0.15) is 0 Å². The van der Waals surface area contributed by atoms with E-state index in [1.807, 2.05) is 12.1 Å². The Kier molecular flexibility index (Phi) is 6.55. The molecule has 0 spiro atoms. The van der Waals surface area contributed by atoms with Crippen molar-refractivity contribution in [2.24, 2.45) is 0 Å². The zero-order valence-electron chi connectivity index (χ0n) is 17.8. The van der Waals surface area contributed by atoms with E-state index in [1.165, 1.54) is 16.8 Å². The van der Waals surface area contributed by atoms with Gasteiger partial charge in [-0.25, -0.2) is 0 Å². The van der Waals surface area contributed by atoms with E-state index in [0.29, 0.717) is 0 Å². The first-order valence-corrected chi connectivity index (χ1v) is 10.6. The van der Waals surface area contributed by atoms with Gasteiger partial charge in [0.1, 0.15) is 17.6 Å². The maximum Gasteiger partial charge on any atom is 0.142 e. The summed E-state index contributed by atoms with van der Waals surface area (Å²) in [6, 6.07) is 27.1. The van der Waals surface area contributed by atoms with Crippen molar-refractivity contribution in [3.05, 3.63) is 90.0 Å². The Labute approximate surface area is 179 Å². The molecule has 30 heavy (non-hydrogen) atoms. The van der Waals surface area contributed by atoms with E-state index in [9.17, 15) is 0 Å². The number of rotatable bonds is 7. The van der Waals surface area contributed by atoms with Crippen LogP contribution in [-0.4, -0.2) is 44.7 Å². The van der Waals surface area contributed by atoms with E-state index in [0.717, 1.165) is 44.2 Å². The normalized spacial score (nSPS) is 15.6. The lowest BCUT2D eigenvalue weighted by Crippen LogP contribution is -2.48. The molecular weight excluding hydrogens is 372 g/mol. The van der Waals surface area contributed by atoms with Crippen molar-refractivity contribution in [2.45, 2.75) is 13.0 Å². The molecule has 0 radical (unpaired) electrons. The van der Waals surface area contributed by atoms with Crippen LogP contribution in [0.2, 0.25) is 0 Å². The van der Waals surface area contributed by atoms with Crippen LogP contribution >= 0.6 is 0 Å². The molecular formula is C26H30N2O2. The Bertz CT molecular complexity index is 919. The second kappa shape index (κ2) is 9.68. The molecule has 1 heterocycles. The van der Waals surface area contributed by atoms with E-state index in [-0.39, 0.29) is 6.10 Å². The van der Waals surface area contributed by atoms with Crippen molar-refractivity contribution < 1.29 is 9.47 Å². The summed E-state index contributed by atoms with van der Waals surface area (Å²) >= 11 is 0. The molecule has 0 saturated carbocycles. The molecule has 0 aromatic heterocycles. The van der Waals surface area contributed by atoms with Crippen LogP contribution in [0.4, 0.5) is 5.69 Å². The van der Waals surface area contributed by atoms with E-state index in [1.54, 1.807) is 7.11 Å². The zero-order chi connectivity index (χ0) is 20.8. The summed E-state index contributed by atoms with van der Waals surface area (Å²) in [6.45, 7) is 6.92. The fourth-order valence-electron chi connectivity index (χ4n) is 3.96. The van der Waals surface area contributed by atoms with Crippen LogP contribution in [0.5, 0.6) is 11.5 Å². The number of ether oxygens (including phenoxy) is 2. The molecule has 1 fully saturated rings. The SMILES string of the molecule is COc1ccccc1N1CCN(CC(Oc2ccc(C)cc2)c2ccccc2)CC1. The minimum absolute atomic E-state index is 0.00622. The van der Waals surface area contributed by atoms with Crippen molar-refractivity contribution in [3.8, 4) is 11.5 Å². The lowest BCUT2D eigenvalue weighted by Gasteiger charge is -2.38. The molecule has 0 amide bonds. The van der Waals surface area contributed by atoms with Gasteiger partial charge in [0.25, 0.3) is 0 Å². The quantitative estimate of drug-likeness (QED) is 0.558. The summed E-state index contributed by atoms with van der Waals surface area (Å²) in [5.74, 6) is 1.86. The Morgan fingerprint density at radius 2 is 1.47 bits per heavy atom. The topological polar surface area (TPSA) is 24.9 Å². The molecule has 0 aliphatic carbocycles. The van der Waals surface area contributed by atoms with Gasteiger partial charge in [-0.15, -0.1) is 0 Å². The van der Waals surface area contributed by atoms with Gasteiger partial charge >= 0.3 is 0 Å². The molecule has 1 saturated heterocycles. The maximum atomic E-state index is 6.43. The van der Waals surface area contributed by atoms with E-state index in [4.69, 9.17) is 9.47 Å². The molecule has 0 N–H and O–H groups in total. The van der Waals surface area contributed by atoms with Gasteiger partial charge < -0.3 is 14.4 Å². The minimum atomic E-state index is 0.00622. The Balaban J connectivity index is 1.43. The smallest absolute Gasteiger partial charge is 0.142 e. The Morgan fingerprint density at radius 3 is 2.17 bits per heavy atom. The predicted octanol–water partition coefficient (Wildman–Crippen LogP) is 4.95. The third kappa shape index (κ3) is 4.95. The molecule has 4 rings (SSSR count). The molecule has 3 aromatic rings. The molecule has 4 nitrogen and oxygen atoms in total. The number of aryl methyl sites for hydroxylation is 1. The first-order valence-electron chi connectivity index (χ1n) is 10.6. The number of hydrogen-bond acceptors (Lipinski definition) is 4. The molecule has 1 unspecified atom stereocenters. The zero-order valence-corrected chi connectivity index (χ0v) is 17.8. The Morgan fingerprint density at radius 1 is 0.800 bits per heavy atom. The highest BCUT2D eigenvalue weighted by atomic mass is 16.5. The lowest BCUT2D eigenvalue weighted by molar-refractivity contribution is 0.128. The first-order chi connectivity index (χ1) is 14.7. The third-order valence-electron chi connectivity index (χ3n) is 5.69. The Hall–Kier alpha value is -2.98. The number of nitrogens with zero attached hydrogens (tertiary/aromatic N) is 2. The highest BCUT2D eigenvalue weighted by Gasteiger charge is 2.23. The first kappa shape index (κ1) is 20.3.